The lowest BCUT2D eigenvalue weighted by Gasteiger charge is -2.19. The van der Waals surface area contributed by atoms with Crippen LogP contribution in [0.1, 0.15) is 22.9 Å². The third-order valence-electron chi connectivity index (χ3n) is 2.32. The second-order valence-corrected chi connectivity index (χ2v) is 3.68. The first kappa shape index (κ1) is 10.2. The van der Waals surface area contributed by atoms with E-state index in [2.05, 4.69) is 13.8 Å². The highest BCUT2D eigenvalue weighted by atomic mass is 16.3. The van der Waals surface area contributed by atoms with Gasteiger partial charge in [0.1, 0.15) is 6.23 Å². The molecule has 0 spiro atoms. The van der Waals surface area contributed by atoms with Gasteiger partial charge in [0.25, 0.3) is 0 Å². The second kappa shape index (κ2) is 3.90. The number of benzene rings is 1. The van der Waals surface area contributed by atoms with Crippen molar-refractivity contribution in [2.75, 3.05) is 14.1 Å². The van der Waals surface area contributed by atoms with Gasteiger partial charge >= 0.3 is 0 Å². The molecule has 0 amide bonds. The Hall–Kier alpha value is -0.860. The molecule has 0 aliphatic heterocycles. The average molecular weight is 179 g/mol. The zero-order valence-corrected chi connectivity index (χ0v) is 8.70. The minimum atomic E-state index is -0.501. The molecule has 1 aromatic carbocycles. The van der Waals surface area contributed by atoms with Gasteiger partial charge in [0.05, 0.1) is 0 Å². The van der Waals surface area contributed by atoms with Crippen LogP contribution >= 0.6 is 0 Å². The van der Waals surface area contributed by atoms with Crippen molar-refractivity contribution in [3.05, 3.63) is 34.9 Å². The Bertz CT molecular complexity index is 294. The molecule has 1 N–H and O–H groups in total. The zero-order valence-electron chi connectivity index (χ0n) is 8.70. The maximum atomic E-state index is 9.74. The summed E-state index contributed by atoms with van der Waals surface area (Å²) in [6.07, 6.45) is -0.501. The number of aliphatic hydroxyl groups excluding tert-OH is 1. The molecule has 0 saturated heterocycles. The SMILES string of the molecule is Cc1ccc(C(O)N(C)C)cc1C. The molecule has 0 bridgehead atoms. The standard InChI is InChI=1S/C11H17NO/c1-8-5-6-10(7-9(8)2)11(13)12(3)4/h5-7,11,13H,1-4H3. The lowest BCUT2D eigenvalue weighted by molar-refractivity contribution is 0.0395. The summed E-state index contributed by atoms with van der Waals surface area (Å²) in [4.78, 5) is 1.78. The van der Waals surface area contributed by atoms with Gasteiger partial charge in [0.2, 0.25) is 0 Å². The van der Waals surface area contributed by atoms with Gasteiger partial charge in [0, 0.05) is 0 Å². The highest BCUT2D eigenvalue weighted by Gasteiger charge is 2.09. The molecule has 1 atom stereocenters. The van der Waals surface area contributed by atoms with Gasteiger partial charge < -0.3 is 5.11 Å². The molecular weight excluding hydrogens is 162 g/mol. The number of hydrogen-bond donors (Lipinski definition) is 1. The van der Waals surface area contributed by atoms with Crippen molar-refractivity contribution >= 4 is 0 Å². The third-order valence-corrected chi connectivity index (χ3v) is 2.32. The number of aryl methyl sites for hydroxylation is 2. The Labute approximate surface area is 79.8 Å². The van der Waals surface area contributed by atoms with Crippen LogP contribution in [0.2, 0.25) is 0 Å². The lowest BCUT2D eigenvalue weighted by atomic mass is 10.1. The molecule has 1 unspecified atom stereocenters. The minimum Gasteiger partial charge on any atom is -0.374 e. The summed E-state index contributed by atoms with van der Waals surface area (Å²) in [5.41, 5.74) is 3.43. The fourth-order valence-corrected chi connectivity index (χ4v) is 1.22. The van der Waals surface area contributed by atoms with Gasteiger partial charge in [-0.3, -0.25) is 4.90 Å². The Morgan fingerprint density at radius 1 is 1.15 bits per heavy atom. The smallest absolute Gasteiger partial charge is 0.133 e. The normalized spacial score (nSPS) is 13.4. The Balaban J connectivity index is 2.97. The van der Waals surface area contributed by atoms with E-state index >= 15 is 0 Å². The molecule has 0 saturated carbocycles. The van der Waals surface area contributed by atoms with E-state index < -0.39 is 6.23 Å². The van der Waals surface area contributed by atoms with E-state index in [-0.39, 0.29) is 0 Å². The number of rotatable bonds is 2. The van der Waals surface area contributed by atoms with E-state index in [9.17, 15) is 5.11 Å². The van der Waals surface area contributed by atoms with Crippen LogP contribution in [-0.2, 0) is 0 Å². The van der Waals surface area contributed by atoms with Crippen molar-refractivity contribution in [3.63, 3.8) is 0 Å². The molecule has 2 heteroatoms. The maximum absolute atomic E-state index is 9.74. The fourth-order valence-electron chi connectivity index (χ4n) is 1.22. The summed E-state index contributed by atoms with van der Waals surface area (Å²) >= 11 is 0. The summed E-state index contributed by atoms with van der Waals surface area (Å²) < 4.78 is 0. The number of aliphatic hydroxyl groups is 1. The number of hydrogen-bond acceptors (Lipinski definition) is 2. The molecule has 1 rings (SSSR count). The molecule has 0 fully saturated rings. The molecule has 0 radical (unpaired) electrons. The maximum Gasteiger partial charge on any atom is 0.133 e. The van der Waals surface area contributed by atoms with Crippen LogP contribution < -0.4 is 0 Å². The number of nitrogens with zero attached hydrogens (tertiary/aromatic N) is 1. The Kier molecular flexibility index (Phi) is 3.07. The van der Waals surface area contributed by atoms with Crippen molar-refractivity contribution in [2.45, 2.75) is 20.1 Å². The van der Waals surface area contributed by atoms with E-state index in [1.807, 2.05) is 32.3 Å². The van der Waals surface area contributed by atoms with Gasteiger partial charge in [-0.25, -0.2) is 0 Å². The largest absolute Gasteiger partial charge is 0.374 e. The molecule has 0 aromatic heterocycles. The molecule has 13 heavy (non-hydrogen) atoms. The Morgan fingerprint density at radius 2 is 1.77 bits per heavy atom. The van der Waals surface area contributed by atoms with Gasteiger partial charge in [-0.2, -0.15) is 0 Å². The Morgan fingerprint density at radius 3 is 2.23 bits per heavy atom. The van der Waals surface area contributed by atoms with E-state index in [1.54, 1.807) is 4.90 Å². The molecule has 2 nitrogen and oxygen atoms in total. The van der Waals surface area contributed by atoms with Crippen LogP contribution in [0, 0.1) is 13.8 Å². The first-order chi connectivity index (χ1) is 6.02. The summed E-state index contributed by atoms with van der Waals surface area (Å²) in [6.45, 7) is 4.13. The van der Waals surface area contributed by atoms with E-state index in [4.69, 9.17) is 0 Å². The molecule has 0 aliphatic carbocycles. The highest BCUT2D eigenvalue weighted by molar-refractivity contribution is 5.30. The van der Waals surface area contributed by atoms with Crippen LogP contribution in [0.5, 0.6) is 0 Å². The zero-order chi connectivity index (χ0) is 10.0. The average Bonchev–Trinajstić information content (AvgIpc) is 2.08. The van der Waals surface area contributed by atoms with Gasteiger partial charge in [-0.1, -0.05) is 18.2 Å². The van der Waals surface area contributed by atoms with Crippen LogP contribution in [0.25, 0.3) is 0 Å². The van der Waals surface area contributed by atoms with E-state index in [0.717, 1.165) is 5.56 Å². The van der Waals surface area contributed by atoms with Gasteiger partial charge in [0.15, 0.2) is 0 Å². The van der Waals surface area contributed by atoms with Crippen molar-refractivity contribution in [3.8, 4) is 0 Å². The third kappa shape index (κ3) is 2.29. The van der Waals surface area contributed by atoms with Crippen molar-refractivity contribution in [2.24, 2.45) is 0 Å². The molecule has 0 aliphatic rings. The van der Waals surface area contributed by atoms with Crippen molar-refractivity contribution < 1.29 is 5.11 Å². The van der Waals surface area contributed by atoms with Crippen LogP contribution in [-0.4, -0.2) is 24.1 Å². The van der Waals surface area contributed by atoms with Crippen molar-refractivity contribution in [1.29, 1.82) is 0 Å². The summed E-state index contributed by atoms with van der Waals surface area (Å²) in [6, 6.07) is 6.03. The predicted octanol–water partition coefficient (Wildman–Crippen LogP) is 1.86. The predicted molar refractivity (Wildman–Crippen MR) is 54.6 cm³/mol. The van der Waals surface area contributed by atoms with Crippen molar-refractivity contribution in [1.82, 2.24) is 4.90 Å². The topological polar surface area (TPSA) is 23.5 Å². The quantitative estimate of drug-likeness (QED) is 0.700. The first-order valence-electron chi connectivity index (χ1n) is 4.44. The molecule has 1 aromatic rings. The minimum absolute atomic E-state index is 0.501. The van der Waals surface area contributed by atoms with Crippen LogP contribution in [0.15, 0.2) is 18.2 Å². The summed E-state index contributed by atoms with van der Waals surface area (Å²) in [5, 5.41) is 9.74. The van der Waals surface area contributed by atoms with Gasteiger partial charge in [-0.15, -0.1) is 0 Å². The molecular formula is C11H17NO. The molecule has 0 heterocycles. The monoisotopic (exact) mass is 179 g/mol. The van der Waals surface area contributed by atoms with Gasteiger partial charge in [-0.05, 0) is 44.6 Å². The molecule has 72 valence electrons. The summed E-state index contributed by atoms with van der Waals surface area (Å²) in [5.74, 6) is 0. The summed E-state index contributed by atoms with van der Waals surface area (Å²) in [7, 11) is 3.72. The fraction of sp³-hybridized carbons (Fsp3) is 0.455. The van der Waals surface area contributed by atoms with E-state index in [1.165, 1.54) is 11.1 Å². The second-order valence-electron chi connectivity index (χ2n) is 3.68. The van der Waals surface area contributed by atoms with E-state index in [0.29, 0.717) is 0 Å². The van der Waals surface area contributed by atoms with Crippen LogP contribution in [0.4, 0.5) is 0 Å². The first-order valence-corrected chi connectivity index (χ1v) is 4.44. The van der Waals surface area contributed by atoms with Crippen LogP contribution in [0.3, 0.4) is 0 Å². The highest BCUT2D eigenvalue weighted by Crippen LogP contribution is 2.17. The lowest BCUT2D eigenvalue weighted by Crippen LogP contribution is -2.19.